The number of thiophene rings is 1. The summed E-state index contributed by atoms with van der Waals surface area (Å²) in [4.78, 5) is 38.0. The minimum Gasteiger partial charge on any atom is -0.442 e. The molecule has 1 aromatic heterocycles. The lowest BCUT2D eigenvalue weighted by Gasteiger charge is -2.12. The first-order chi connectivity index (χ1) is 12.6. The molecule has 2 amide bonds. The first kappa shape index (κ1) is 18.1. The molecule has 2 aromatic rings. The number of carbonyl (C=O) groups excluding carboxylic acids is 3. The van der Waals surface area contributed by atoms with Gasteiger partial charge in [-0.25, -0.2) is 4.79 Å². The monoisotopic (exact) mass is 372 g/mol. The van der Waals surface area contributed by atoms with Crippen molar-refractivity contribution >= 4 is 34.8 Å². The van der Waals surface area contributed by atoms with Crippen molar-refractivity contribution in [2.75, 3.05) is 18.0 Å². The fourth-order valence-corrected chi connectivity index (χ4v) is 3.43. The first-order valence-corrected chi connectivity index (χ1v) is 9.38. The molecule has 0 aliphatic carbocycles. The van der Waals surface area contributed by atoms with Crippen LogP contribution in [0.3, 0.4) is 0 Å². The summed E-state index contributed by atoms with van der Waals surface area (Å²) in [5.74, 6) is -0.0748. The minimum absolute atomic E-state index is 0.0658. The SMILES string of the molecule is O=C(CCCC(=O)c1cccs1)NCC1CN(c2ccccc2)C(=O)O1. The number of hydrogen-bond acceptors (Lipinski definition) is 5. The van der Waals surface area contributed by atoms with Crippen LogP contribution in [-0.2, 0) is 9.53 Å². The van der Waals surface area contributed by atoms with Gasteiger partial charge in [-0.3, -0.25) is 14.5 Å². The lowest BCUT2D eigenvalue weighted by molar-refractivity contribution is -0.121. The molecule has 1 unspecified atom stereocenters. The predicted octanol–water partition coefficient (Wildman–Crippen LogP) is 3.24. The zero-order valence-corrected chi connectivity index (χ0v) is 15.0. The van der Waals surface area contributed by atoms with Crippen molar-refractivity contribution in [3.8, 4) is 0 Å². The summed E-state index contributed by atoms with van der Waals surface area (Å²) in [6.07, 6.45) is 0.355. The van der Waals surface area contributed by atoms with Gasteiger partial charge in [0.15, 0.2) is 5.78 Å². The van der Waals surface area contributed by atoms with Crippen LogP contribution in [0.15, 0.2) is 47.8 Å². The molecule has 3 rings (SSSR count). The number of benzene rings is 1. The van der Waals surface area contributed by atoms with Crippen LogP contribution in [0.1, 0.15) is 28.9 Å². The van der Waals surface area contributed by atoms with E-state index in [9.17, 15) is 14.4 Å². The van der Waals surface area contributed by atoms with Crippen molar-refractivity contribution < 1.29 is 19.1 Å². The number of carbonyl (C=O) groups is 3. The van der Waals surface area contributed by atoms with Gasteiger partial charge >= 0.3 is 6.09 Å². The van der Waals surface area contributed by atoms with Gasteiger partial charge in [-0.05, 0) is 30.0 Å². The predicted molar refractivity (Wildman–Crippen MR) is 99.6 cm³/mol. The number of para-hydroxylation sites is 1. The Balaban J connectivity index is 1.37. The topological polar surface area (TPSA) is 75.7 Å². The highest BCUT2D eigenvalue weighted by Crippen LogP contribution is 2.20. The third kappa shape index (κ3) is 4.70. The molecule has 0 radical (unpaired) electrons. The Labute approximate surface area is 155 Å². The van der Waals surface area contributed by atoms with E-state index in [1.807, 2.05) is 41.8 Å². The van der Waals surface area contributed by atoms with Crippen LogP contribution in [0.5, 0.6) is 0 Å². The standard InChI is InChI=1S/C19H20N2O4S/c22-16(17-9-5-11-26-17)8-4-10-18(23)20-12-15-13-21(19(24)25-15)14-6-2-1-3-7-14/h1-3,5-7,9,11,15H,4,8,10,12-13H2,(H,20,23). The summed E-state index contributed by atoms with van der Waals surface area (Å²) in [6.45, 7) is 0.673. The van der Waals surface area contributed by atoms with E-state index in [4.69, 9.17) is 4.74 Å². The number of ketones is 1. The highest BCUT2D eigenvalue weighted by Gasteiger charge is 2.32. The van der Waals surface area contributed by atoms with E-state index in [2.05, 4.69) is 5.32 Å². The Morgan fingerprint density at radius 1 is 1.15 bits per heavy atom. The molecular weight excluding hydrogens is 352 g/mol. The average molecular weight is 372 g/mol. The lowest BCUT2D eigenvalue weighted by atomic mass is 10.1. The van der Waals surface area contributed by atoms with Crippen LogP contribution in [0.4, 0.5) is 10.5 Å². The molecule has 1 aromatic carbocycles. The fourth-order valence-electron chi connectivity index (χ4n) is 2.73. The van der Waals surface area contributed by atoms with Gasteiger partial charge in [0, 0.05) is 18.5 Å². The van der Waals surface area contributed by atoms with E-state index in [1.165, 1.54) is 11.3 Å². The Morgan fingerprint density at radius 3 is 2.69 bits per heavy atom. The van der Waals surface area contributed by atoms with Crippen molar-refractivity contribution in [1.82, 2.24) is 5.32 Å². The van der Waals surface area contributed by atoms with Crippen molar-refractivity contribution in [1.29, 1.82) is 0 Å². The lowest BCUT2D eigenvalue weighted by Crippen LogP contribution is -2.34. The van der Waals surface area contributed by atoms with Gasteiger partial charge in [0.05, 0.1) is 18.0 Å². The second-order valence-electron chi connectivity index (χ2n) is 6.01. The number of hydrogen-bond donors (Lipinski definition) is 1. The number of nitrogens with zero attached hydrogens (tertiary/aromatic N) is 1. The molecule has 0 bridgehead atoms. The van der Waals surface area contributed by atoms with Gasteiger partial charge in [-0.1, -0.05) is 24.3 Å². The number of anilines is 1. The number of Topliss-reactive ketones (excluding diaryl/α,β-unsaturated/α-hetero) is 1. The first-order valence-electron chi connectivity index (χ1n) is 8.50. The Hall–Kier alpha value is -2.67. The van der Waals surface area contributed by atoms with Crippen LogP contribution >= 0.6 is 11.3 Å². The van der Waals surface area contributed by atoms with Gasteiger partial charge in [0.1, 0.15) is 6.10 Å². The molecule has 2 heterocycles. The number of nitrogens with one attached hydrogen (secondary N) is 1. The van der Waals surface area contributed by atoms with Crippen LogP contribution < -0.4 is 10.2 Å². The van der Waals surface area contributed by atoms with E-state index < -0.39 is 6.09 Å². The summed E-state index contributed by atoms with van der Waals surface area (Å²) >= 11 is 1.41. The number of ether oxygens (including phenoxy) is 1. The second kappa shape index (κ2) is 8.62. The molecule has 1 aliphatic heterocycles. The maximum atomic E-state index is 11.9. The van der Waals surface area contributed by atoms with E-state index in [-0.39, 0.29) is 30.8 Å². The van der Waals surface area contributed by atoms with Crippen molar-refractivity contribution in [2.24, 2.45) is 0 Å². The number of rotatable bonds is 8. The zero-order valence-electron chi connectivity index (χ0n) is 14.2. The Kier molecular flexibility index (Phi) is 6.01. The maximum absolute atomic E-state index is 11.9. The number of cyclic esters (lactones) is 1. The summed E-state index contributed by atoms with van der Waals surface area (Å²) in [6, 6.07) is 12.9. The normalized spacial score (nSPS) is 16.4. The molecular formula is C19H20N2O4S. The van der Waals surface area contributed by atoms with Crippen LogP contribution in [0.2, 0.25) is 0 Å². The summed E-state index contributed by atoms with van der Waals surface area (Å²) in [5.41, 5.74) is 0.776. The third-order valence-electron chi connectivity index (χ3n) is 4.07. The molecule has 0 spiro atoms. The van der Waals surface area contributed by atoms with E-state index in [0.717, 1.165) is 10.6 Å². The van der Waals surface area contributed by atoms with Crippen molar-refractivity contribution in [3.63, 3.8) is 0 Å². The largest absolute Gasteiger partial charge is 0.442 e. The summed E-state index contributed by atoms with van der Waals surface area (Å²) < 4.78 is 5.29. The Morgan fingerprint density at radius 2 is 1.96 bits per heavy atom. The highest BCUT2D eigenvalue weighted by molar-refractivity contribution is 7.12. The van der Waals surface area contributed by atoms with Crippen LogP contribution in [0, 0.1) is 0 Å². The molecule has 6 nitrogen and oxygen atoms in total. The van der Waals surface area contributed by atoms with Crippen LogP contribution in [-0.4, -0.2) is 37.0 Å². The molecule has 1 N–H and O–H groups in total. The average Bonchev–Trinajstić information content (AvgIpc) is 3.30. The summed E-state index contributed by atoms with van der Waals surface area (Å²) in [7, 11) is 0. The third-order valence-corrected chi connectivity index (χ3v) is 4.98. The van der Waals surface area contributed by atoms with Crippen LogP contribution in [0.25, 0.3) is 0 Å². The van der Waals surface area contributed by atoms with E-state index in [0.29, 0.717) is 19.4 Å². The number of amides is 2. The molecule has 7 heteroatoms. The Bertz CT molecular complexity index is 761. The molecule has 1 saturated heterocycles. The molecule has 1 atom stereocenters. The second-order valence-corrected chi connectivity index (χ2v) is 6.96. The molecule has 0 saturated carbocycles. The molecule has 26 heavy (non-hydrogen) atoms. The van der Waals surface area contributed by atoms with Crippen molar-refractivity contribution in [3.05, 3.63) is 52.7 Å². The quantitative estimate of drug-likeness (QED) is 0.722. The van der Waals surface area contributed by atoms with E-state index >= 15 is 0 Å². The minimum atomic E-state index is -0.406. The molecule has 1 fully saturated rings. The zero-order chi connectivity index (χ0) is 18.4. The van der Waals surface area contributed by atoms with Gasteiger partial charge in [-0.15, -0.1) is 11.3 Å². The fraction of sp³-hybridized carbons (Fsp3) is 0.316. The van der Waals surface area contributed by atoms with Crippen molar-refractivity contribution in [2.45, 2.75) is 25.4 Å². The van der Waals surface area contributed by atoms with Gasteiger partial charge in [0.25, 0.3) is 0 Å². The highest BCUT2D eigenvalue weighted by atomic mass is 32.1. The van der Waals surface area contributed by atoms with Gasteiger partial charge in [0.2, 0.25) is 5.91 Å². The van der Waals surface area contributed by atoms with Gasteiger partial charge in [-0.2, -0.15) is 0 Å². The molecule has 136 valence electrons. The summed E-state index contributed by atoms with van der Waals surface area (Å²) in [5, 5.41) is 4.64. The smallest absolute Gasteiger partial charge is 0.414 e. The molecule has 1 aliphatic rings. The van der Waals surface area contributed by atoms with E-state index in [1.54, 1.807) is 11.0 Å². The van der Waals surface area contributed by atoms with Gasteiger partial charge < -0.3 is 10.1 Å². The maximum Gasteiger partial charge on any atom is 0.414 e.